The number of hydrogen-bond acceptors (Lipinski definition) is 4. The Morgan fingerprint density at radius 1 is 1.10 bits per heavy atom. The molecule has 1 amide bonds. The predicted molar refractivity (Wildman–Crippen MR) is 128 cm³/mol. The van der Waals surface area contributed by atoms with Crippen molar-refractivity contribution >= 4 is 44.9 Å². The fourth-order valence-corrected chi connectivity index (χ4v) is 4.63. The molecule has 1 N–H and O–H groups in total. The van der Waals surface area contributed by atoms with Crippen molar-refractivity contribution in [3.05, 3.63) is 79.9 Å². The van der Waals surface area contributed by atoms with Crippen LogP contribution < -0.4 is 10.9 Å². The number of carbonyl (C=O) groups is 1. The summed E-state index contributed by atoms with van der Waals surface area (Å²) in [7, 11) is 0. The van der Waals surface area contributed by atoms with Gasteiger partial charge in [0.25, 0.3) is 5.56 Å². The van der Waals surface area contributed by atoms with Crippen LogP contribution in [-0.4, -0.2) is 15.5 Å². The predicted octanol–water partition coefficient (Wildman–Crippen LogP) is 5.73. The van der Waals surface area contributed by atoms with E-state index in [4.69, 9.17) is 11.6 Å². The zero-order valence-corrected chi connectivity index (χ0v) is 19.1. The van der Waals surface area contributed by atoms with Gasteiger partial charge in [-0.15, -0.1) is 11.3 Å². The molecule has 7 heteroatoms. The van der Waals surface area contributed by atoms with Crippen LogP contribution in [-0.2, 0) is 11.3 Å². The van der Waals surface area contributed by atoms with E-state index in [2.05, 4.69) is 22.4 Å². The largest absolute Gasteiger partial charge is 0.307 e. The van der Waals surface area contributed by atoms with Gasteiger partial charge in [-0.25, -0.2) is 4.98 Å². The summed E-state index contributed by atoms with van der Waals surface area (Å²) in [6.45, 7) is 6.29. The first-order valence-corrected chi connectivity index (χ1v) is 11.2. The van der Waals surface area contributed by atoms with E-state index < -0.39 is 0 Å². The maximum atomic E-state index is 12.7. The van der Waals surface area contributed by atoms with Crippen LogP contribution in [0.1, 0.15) is 23.1 Å². The number of nitrogens with one attached hydrogen (secondary N) is 1. The molecule has 4 aromatic rings. The van der Waals surface area contributed by atoms with Crippen LogP contribution in [0.2, 0.25) is 5.02 Å². The van der Waals surface area contributed by atoms with Crippen molar-refractivity contribution in [2.24, 2.45) is 0 Å². The third-order valence-corrected chi connectivity index (χ3v) is 6.21. The summed E-state index contributed by atoms with van der Waals surface area (Å²) < 4.78 is 1.69. The Hall–Kier alpha value is -2.96. The van der Waals surface area contributed by atoms with Crippen molar-refractivity contribution in [1.29, 1.82) is 0 Å². The molecule has 0 aliphatic heterocycles. The molecule has 0 fully saturated rings. The average molecular weight is 452 g/mol. The van der Waals surface area contributed by atoms with Crippen molar-refractivity contribution in [1.82, 2.24) is 9.55 Å². The summed E-state index contributed by atoms with van der Waals surface area (Å²) in [5.74, 6) is -0.178. The molecule has 0 atom stereocenters. The van der Waals surface area contributed by atoms with E-state index in [0.29, 0.717) is 16.7 Å². The molecule has 4 rings (SSSR count). The third-order valence-electron chi connectivity index (χ3n) is 5.20. The highest BCUT2D eigenvalue weighted by atomic mass is 35.5. The van der Waals surface area contributed by atoms with Gasteiger partial charge in [0.1, 0.15) is 0 Å². The smallest absolute Gasteiger partial charge is 0.251 e. The van der Waals surface area contributed by atoms with Crippen molar-refractivity contribution in [2.75, 3.05) is 5.32 Å². The van der Waals surface area contributed by atoms with E-state index in [0.717, 1.165) is 38.9 Å². The molecule has 0 unspecified atom stereocenters. The zero-order valence-electron chi connectivity index (χ0n) is 17.5. The molecule has 31 heavy (non-hydrogen) atoms. The number of halogens is 1. The fraction of sp³-hybridized carbons (Fsp3) is 0.208. The highest BCUT2D eigenvalue weighted by Gasteiger charge is 2.13. The third kappa shape index (κ3) is 4.55. The lowest BCUT2D eigenvalue weighted by Gasteiger charge is -2.15. The molecule has 0 aliphatic rings. The molecule has 0 bridgehead atoms. The molecule has 2 aromatic heterocycles. The quantitative estimate of drug-likeness (QED) is 0.421. The number of rotatable bonds is 5. The molecule has 0 saturated heterocycles. The standard InChI is InChI=1S/C24H22ClN3O2S/c1-14-10-16(3)23-19(11-14)15(2)12-22(30)28(23)9-8-21(29)27-24-26-20(13-31-24)17-4-6-18(25)7-5-17/h4-7,10-13H,8-9H2,1-3H3,(H,26,27,29). The fourth-order valence-electron chi connectivity index (χ4n) is 3.77. The van der Waals surface area contributed by atoms with Gasteiger partial charge in [0.05, 0.1) is 11.2 Å². The molecule has 5 nitrogen and oxygen atoms in total. The first-order valence-electron chi connectivity index (χ1n) is 9.94. The minimum absolute atomic E-state index is 0.0935. The monoisotopic (exact) mass is 451 g/mol. The van der Waals surface area contributed by atoms with Gasteiger partial charge in [-0.3, -0.25) is 9.59 Å². The number of amides is 1. The van der Waals surface area contributed by atoms with Gasteiger partial charge >= 0.3 is 0 Å². The van der Waals surface area contributed by atoms with E-state index in [9.17, 15) is 9.59 Å². The first kappa shape index (κ1) is 21.3. The van der Waals surface area contributed by atoms with Crippen molar-refractivity contribution in [2.45, 2.75) is 33.7 Å². The Balaban J connectivity index is 1.50. The van der Waals surface area contributed by atoms with Crippen molar-refractivity contribution < 1.29 is 4.79 Å². The highest BCUT2D eigenvalue weighted by molar-refractivity contribution is 7.14. The minimum Gasteiger partial charge on any atom is -0.307 e. The normalized spacial score (nSPS) is 11.1. The zero-order chi connectivity index (χ0) is 22.1. The van der Waals surface area contributed by atoms with Crippen LogP contribution >= 0.6 is 22.9 Å². The summed E-state index contributed by atoms with van der Waals surface area (Å²) in [6, 6.07) is 13.2. The number of hydrogen-bond donors (Lipinski definition) is 1. The van der Waals surface area contributed by atoms with Crippen LogP contribution in [0.15, 0.2) is 52.6 Å². The summed E-state index contributed by atoms with van der Waals surface area (Å²) in [5.41, 5.74) is 5.64. The van der Waals surface area contributed by atoms with Gasteiger partial charge in [-0.2, -0.15) is 0 Å². The van der Waals surface area contributed by atoms with Crippen molar-refractivity contribution in [3.8, 4) is 11.3 Å². The Morgan fingerprint density at radius 2 is 1.84 bits per heavy atom. The van der Waals surface area contributed by atoms with Crippen LogP contribution in [0.25, 0.3) is 22.2 Å². The number of pyridine rings is 1. The van der Waals surface area contributed by atoms with E-state index in [-0.39, 0.29) is 17.9 Å². The van der Waals surface area contributed by atoms with Gasteiger partial charge in [0, 0.05) is 40.4 Å². The number of carbonyl (C=O) groups excluding carboxylic acids is 1. The molecule has 0 spiro atoms. The maximum absolute atomic E-state index is 12.7. The lowest BCUT2D eigenvalue weighted by atomic mass is 10.0. The molecular formula is C24H22ClN3O2S. The number of fused-ring (bicyclic) bond motifs is 1. The lowest BCUT2D eigenvalue weighted by Crippen LogP contribution is -2.24. The van der Waals surface area contributed by atoms with Gasteiger partial charge in [-0.1, -0.05) is 35.4 Å². The van der Waals surface area contributed by atoms with E-state index in [1.165, 1.54) is 11.3 Å². The van der Waals surface area contributed by atoms with Crippen LogP contribution in [0.5, 0.6) is 0 Å². The number of anilines is 1. The topological polar surface area (TPSA) is 64.0 Å². The number of thiazole rings is 1. The number of aromatic nitrogens is 2. The second-order valence-corrected chi connectivity index (χ2v) is 8.93. The van der Waals surface area contributed by atoms with Crippen molar-refractivity contribution in [3.63, 3.8) is 0 Å². The molecule has 0 saturated carbocycles. The van der Waals surface area contributed by atoms with Gasteiger partial charge in [0.15, 0.2) is 5.13 Å². The number of aryl methyl sites for hydroxylation is 4. The SMILES string of the molecule is Cc1cc(C)c2c(c1)c(C)cc(=O)n2CCC(=O)Nc1nc(-c2ccc(Cl)cc2)cs1. The Bertz CT molecular complexity index is 1340. The van der Waals surface area contributed by atoms with Gasteiger partial charge in [-0.05, 0) is 50.1 Å². The lowest BCUT2D eigenvalue weighted by molar-refractivity contribution is -0.116. The van der Waals surface area contributed by atoms with Crippen LogP contribution in [0.4, 0.5) is 5.13 Å². The minimum atomic E-state index is -0.178. The van der Waals surface area contributed by atoms with Crippen LogP contribution in [0.3, 0.4) is 0 Å². The van der Waals surface area contributed by atoms with Gasteiger partial charge in [0.2, 0.25) is 5.91 Å². The second kappa shape index (κ2) is 8.65. The van der Waals surface area contributed by atoms with E-state index in [1.807, 2.05) is 50.4 Å². The number of benzene rings is 2. The molecule has 0 aliphatic carbocycles. The molecule has 0 radical (unpaired) electrons. The average Bonchev–Trinajstić information content (AvgIpc) is 3.17. The highest BCUT2D eigenvalue weighted by Crippen LogP contribution is 2.26. The summed E-state index contributed by atoms with van der Waals surface area (Å²) in [6.07, 6.45) is 0.182. The Kier molecular flexibility index (Phi) is 5.94. The maximum Gasteiger partial charge on any atom is 0.251 e. The molecule has 158 valence electrons. The second-order valence-electron chi connectivity index (χ2n) is 7.64. The summed E-state index contributed by atoms with van der Waals surface area (Å²) >= 11 is 7.30. The molecule has 2 aromatic carbocycles. The molecular weight excluding hydrogens is 430 g/mol. The van der Waals surface area contributed by atoms with E-state index in [1.54, 1.807) is 10.6 Å². The molecule has 2 heterocycles. The number of nitrogens with zero attached hydrogens (tertiary/aromatic N) is 2. The van der Waals surface area contributed by atoms with Gasteiger partial charge < -0.3 is 9.88 Å². The Labute approximate surface area is 189 Å². The summed E-state index contributed by atoms with van der Waals surface area (Å²) in [4.78, 5) is 29.7. The van der Waals surface area contributed by atoms with Crippen LogP contribution in [0, 0.1) is 20.8 Å². The summed E-state index contributed by atoms with van der Waals surface area (Å²) in [5, 5.41) is 6.98. The van der Waals surface area contributed by atoms with E-state index >= 15 is 0 Å². The Morgan fingerprint density at radius 3 is 2.58 bits per heavy atom. The first-order chi connectivity index (χ1) is 14.8.